The molecule has 0 bridgehead atoms. The Kier molecular flexibility index (Phi) is 25.1. The second-order valence-electron chi connectivity index (χ2n) is 6.24. The van der Waals surface area contributed by atoms with Gasteiger partial charge in [0, 0.05) is 17.1 Å². The molecule has 0 aromatic rings. The molecule has 3 N–H and O–H groups in total. The summed E-state index contributed by atoms with van der Waals surface area (Å²) in [6.07, 6.45) is 0. The van der Waals surface area contributed by atoms with Gasteiger partial charge in [-0.05, 0) is 0 Å². The van der Waals surface area contributed by atoms with Gasteiger partial charge in [0.05, 0.1) is 0 Å². The van der Waals surface area contributed by atoms with Crippen molar-refractivity contribution in [2.45, 2.75) is 0 Å². The molecule has 0 amide bonds. The molecule has 55 heavy (non-hydrogen) atoms. The molecule has 0 heterocycles. The molecule has 0 spiro atoms. The minimum absolute atomic E-state index is 0. The van der Waals surface area contributed by atoms with E-state index in [4.69, 9.17) is 11.3 Å². The zero-order valence-corrected chi connectivity index (χ0v) is 52.2. The van der Waals surface area contributed by atoms with E-state index in [1.165, 1.54) is 0 Å². The van der Waals surface area contributed by atoms with Crippen molar-refractivity contribution >= 4 is 34.0 Å². The molecule has 0 rings (SSSR count). The van der Waals surface area contributed by atoms with E-state index in [0.717, 1.165) is 0 Å². The maximum Gasteiger partial charge on any atom is 3.00 e. The van der Waals surface area contributed by atoms with E-state index in [1.807, 2.05) is 0 Å². The first-order valence-corrected chi connectivity index (χ1v) is 49.8. The van der Waals surface area contributed by atoms with E-state index in [9.17, 15) is 86.1 Å². The third-order valence-corrected chi connectivity index (χ3v) is 62.5. The van der Waals surface area contributed by atoms with Crippen LogP contribution in [0, 0.1) is 0 Å². The van der Waals surface area contributed by atoms with Crippen molar-refractivity contribution in [2.24, 2.45) is 0 Å². The summed E-state index contributed by atoms with van der Waals surface area (Å²) in [5.74, 6) is 0. The van der Waals surface area contributed by atoms with Gasteiger partial charge in [-0.15, -0.1) is 0 Å². The first-order chi connectivity index (χ1) is 22.5. The van der Waals surface area contributed by atoms with Crippen molar-refractivity contribution in [1.29, 1.82) is 0 Å². The molecule has 40 nitrogen and oxygen atoms in total. The zero-order valence-electron chi connectivity index (χ0n) is 22.6. The summed E-state index contributed by atoms with van der Waals surface area (Å²) in [6, 6.07) is 0. The van der Waals surface area contributed by atoms with Crippen LogP contribution >= 0.6 is 7.82 Å². The molecule has 0 atom stereocenters. The molecular formula is H3BiFeMo12O40P+3. The standard InChI is InChI=1S/Bi.Fe.12Mo.H3O4P.3H2O.33O/c;;;;;;;;;;;;;;1-5(2,3)4;;;;;;;;;;;;;;;;;;;;;;;;;;;;;;;;;;;;/h;;;;;;;;;;;;;;(H3,1,2,3,4);3*1H2;;;;;;;;;;;;;;;;;;;;;;;;;;;;;;;;;/q+3;;;;;;;;6*+1;;;;;;;;;;;;;;;;;;;;;;;;;;;;;;;;;;;;;/p-6. The Morgan fingerprint density at radius 2 is 0.400 bits per heavy atom. The van der Waals surface area contributed by atoms with Gasteiger partial charge < -0.3 is 0 Å². The number of hydrogen-bond donors (Lipinski definition) is 3. The number of hydrogen-bond acceptors (Lipinski definition) is 37. The quantitative estimate of drug-likeness (QED) is 0.0602. The number of phosphoric acid groups is 1. The van der Waals surface area contributed by atoms with Crippen molar-refractivity contribution in [3.05, 3.63) is 0 Å². The van der Waals surface area contributed by atoms with Gasteiger partial charge in [-0.25, -0.2) is 0 Å². The van der Waals surface area contributed by atoms with Gasteiger partial charge in [-0.3, -0.25) is 0 Å². The van der Waals surface area contributed by atoms with Crippen LogP contribution in [0.4, 0.5) is 0 Å². The maximum absolute atomic E-state index is 12.8. The second kappa shape index (κ2) is 21.7. The first kappa shape index (κ1) is 63.8. The van der Waals surface area contributed by atoms with Crippen LogP contribution in [0.15, 0.2) is 0 Å². The molecule has 0 fully saturated rings. The molecule has 0 aromatic heterocycles. The summed E-state index contributed by atoms with van der Waals surface area (Å²) in [5.41, 5.74) is 0. The summed E-state index contributed by atoms with van der Waals surface area (Å²) in [5, 5.41) is 0. The average molecular weight is 2090 g/mol. The Bertz CT molecular complexity index is 2520. The molecule has 0 aliphatic heterocycles. The molecule has 2 radical (unpaired) electrons. The Morgan fingerprint density at radius 3 is 0.545 bits per heavy atom. The van der Waals surface area contributed by atoms with Crippen LogP contribution in [0.1, 0.15) is 0 Å². The van der Waals surface area contributed by atoms with Crippen molar-refractivity contribution in [2.75, 3.05) is 0 Å². The molecule has 0 aliphatic carbocycles. The van der Waals surface area contributed by atoms with Gasteiger partial charge in [-0.2, -0.15) is 0 Å². The predicted molar refractivity (Wildman–Crippen MR) is 49.5 cm³/mol. The minimum atomic E-state index is -8.79. The molecule has 0 saturated carbocycles. The van der Waals surface area contributed by atoms with Gasteiger partial charge >= 0.3 is 360 Å². The molecule has 0 aliphatic rings. The Hall–Kier alpha value is 4.49. The Morgan fingerprint density at radius 1 is 0.273 bits per heavy atom. The fraction of sp³-hybridized carbons (Fsp3) is 0. The molecule has 330 valence electrons. The molecule has 0 saturated heterocycles. The molecule has 0 aromatic carbocycles. The average Bonchev–Trinajstić information content (AvgIpc) is 2.58. The van der Waals surface area contributed by atoms with Crippen molar-refractivity contribution in [3.8, 4) is 0 Å². The van der Waals surface area contributed by atoms with Crippen LogP contribution in [-0.2, 0) is 332 Å². The third-order valence-electron chi connectivity index (χ3n) is 2.06. The molecular weight excluding hydrogens is 2090 g/mol. The Balaban J connectivity index is -0.0000135. The summed E-state index contributed by atoms with van der Waals surface area (Å²) in [4.78, 5) is 0. The van der Waals surface area contributed by atoms with Crippen molar-refractivity contribution < 1.29 is 343 Å². The van der Waals surface area contributed by atoms with Crippen LogP contribution < -0.4 is 0 Å². The van der Waals surface area contributed by atoms with Crippen LogP contribution in [0.3, 0.4) is 0 Å². The van der Waals surface area contributed by atoms with Crippen molar-refractivity contribution in [3.63, 3.8) is 0 Å². The number of rotatable bonds is 24. The molecule has 0 unspecified atom stereocenters. The van der Waals surface area contributed by atoms with Crippen LogP contribution in [0.25, 0.3) is 0 Å². The van der Waals surface area contributed by atoms with Gasteiger partial charge in [0.25, 0.3) is 0 Å². The SMILES string of the molecule is O=P([O][Mo](=[O])(=[O])[O][Mo](=[O])(=[O])[O][Mo](=[O])(=[O])[O][Mo](=[O])(=[O])[OH])([O][Mo](=[O])(=[O])[O][Mo](=[O])(=[O])[O][Mo](=[O])(=[O])[O][Mo](=[O])(=[O])[OH])[O][Mo](=[O])(=[O])[O][Mo](=[O])(=[O])[O][Mo](=[O])(=[O])[O][Mo](=[O])(=[O])[OH].[Bi+3].[Fe]. The Labute approximate surface area is 369 Å². The topological polar surface area (TPSA) is 598 Å². The van der Waals surface area contributed by atoms with Gasteiger partial charge in [-0.1, -0.05) is 0 Å². The van der Waals surface area contributed by atoms with Crippen LogP contribution in [-0.4, -0.2) is 37.5 Å². The third kappa shape index (κ3) is 31.9. The van der Waals surface area contributed by atoms with E-state index in [2.05, 4.69) is 27.9 Å². The zero-order chi connectivity index (χ0) is 43.0. The van der Waals surface area contributed by atoms with Crippen LogP contribution in [0.2, 0.25) is 0 Å². The van der Waals surface area contributed by atoms with E-state index in [0.29, 0.717) is 0 Å². The fourth-order valence-corrected chi connectivity index (χ4v) is 60.4. The van der Waals surface area contributed by atoms with Gasteiger partial charge in [0.1, 0.15) is 0 Å². The summed E-state index contributed by atoms with van der Waals surface area (Å²) >= 11 is -97.4. The van der Waals surface area contributed by atoms with E-state index >= 15 is 0 Å². The van der Waals surface area contributed by atoms with Gasteiger partial charge in [0.15, 0.2) is 0 Å². The normalized spacial score (nSPS) is 15.0. The summed E-state index contributed by atoms with van der Waals surface area (Å²) < 4.78 is 347. The second-order valence-corrected chi connectivity index (χ2v) is 56.1. The summed E-state index contributed by atoms with van der Waals surface area (Å²) in [6.45, 7) is 0. The van der Waals surface area contributed by atoms with E-state index in [-0.39, 0.29) is 43.3 Å². The molecule has 55 heteroatoms. The monoisotopic (exact) mass is 2110 g/mol. The van der Waals surface area contributed by atoms with Crippen LogP contribution in [0.5, 0.6) is 0 Å². The van der Waals surface area contributed by atoms with Gasteiger partial charge in [0.2, 0.25) is 0 Å². The van der Waals surface area contributed by atoms with E-state index < -0.39 is 209 Å². The summed E-state index contributed by atoms with van der Waals surface area (Å²) in [7, 11) is -7.91. The fourth-order valence-electron chi connectivity index (χ4n) is 1.41. The smallest absolute Gasteiger partial charge is 0 e. The van der Waals surface area contributed by atoms with E-state index in [1.54, 1.807) is 0 Å². The predicted octanol–water partition coefficient (Wildman–Crippen LogP) is -5.01. The first-order valence-electron chi connectivity index (χ1n) is 8.78. The minimum Gasteiger partial charge on any atom is 0 e. The largest absolute Gasteiger partial charge is 3.00 e. The maximum atomic E-state index is 12.8. The van der Waals surface area contributed by atoms with Crippen molar-refractivity contribution in [1.82, 2.24) is 0 Å².